The van der Waals surface area contributed by atoms with Crippen LogP contribution < -0.4 is 14.2 Å². The molecule has 1 saturated heterocycles. The van der Waals surface area contributed by atoms with Crippen LogP contribution in [0.4, 0.5) is 0 Å². The number of methoxy groups -OCH3 is 3. The fourth-order valence-electron chi connectivity index (χ4n) is 2.46. The minimum atomic E-state index is -0.853. The van der Waals surface area contributed by atoms with E-state index in [1.165, 1.54) is 14.2 Å². The number of hydrogen-bond acceptors (Lipinski definition) is 5. The molecular weight excluding hydrogens is 284 g/mol. The third-order valence-corrected chi connectivity index (χ3v) is 3.67. The molecule has 6 heteroatoms. The summed E-state index contributed by atoms with van der Waals surface area (Å²) in [5.74, 6) is 0.523. The standard InChI is InChI=1S/C14H19ClO5/c1-5-14(19-6-7-20-14)9-8-10(15)12(17-3)13(18-4)11(9)16-2/h8H,5-7H2,1-4H3. The van der Waals surface area contributed by atoms with Gasteiger partial charge in [0.1, 0.15) is 0 Å². The van der Waals surface area contributed by atoms with Crippen molar-refractivity contribution >= 4 is 11.6 Å². The van der Waals surface area contributed by atoms with Crippen molar-refractivity contribution in [1.29, 1.82) is 0 Å². The van der Waals surface area contributed by atoms with Crippen molar-refractivity contribution in [2.24, 2.45) is 0 Å². The lowest BCUT2D eigenvalue weighted by Gasteiger charge is -2.29. The van der Waals surface area contributed by atoms with Gasteiger partial charge in [-0.15, -0.1) is 0 Å². The van der Waals surface area contributed by atoms with Crippen LogP contribution in [-0.4, -0.2) is 34.5 Å². The van der Waals surface area contributed by atoms with E-state index in [1.807, 2.05) is 6.92 Å². The average Bonchev–Trinajstić information content (AvgIpc) is 2.95. The molecule has 0 saturated carbocycles. The van der Waals surface area contributed by atoms with Crippen molar-refractivity contribution in [3.8, 4) is 17.2 Å². The van der Waals surface area contributed by atoms with Crippen LogP contribution in [0, 0.1) is 0 Å². The maximum Gasteiger partial charge on any atom is 0.205 e. The summed E-state index contributed by atoms with van der Waals surface area (Å²) in [6, 6.07) is 1.75. The maximum absolute atomic E-state index is 6.27. The van der Waals surface area contributed by atoms with Crippen LogP contribution in [0.5, 0.6) is 17.2 Å². The van der Waals surface area contributed by atoms with Gasteiger partial charge in [-0.25, -0.2) is 0 Å². The molecule has 1 aliphatic heterocycles. The first kappa shape index (κ1) is 15.2. The second-order valence-electron chi connectivity index (χ2n) is 4.31. The molecule has 1 fully saturated rings. The van der Waals surface area contributed by atoms with Gasteiger partial charge in [0.05, 0.1) is 45.1 Å². The van der Waals surface area contributed by atoms with Crippen LogP contribution in [-0.2, 0) is 15.3 Å². The van der Waals surface area contributed by atoms with Crippen molar-refractivity contribution < 1.29 is 23.7 Å². The Balaban J connectivity index is 2.66. The molecule has 0 radical (unpaired) electrons. The Kier molecular flexibility index (Phi) is 4.62. The fourth-order valence-corrected chi connectivity index (χ4v) is 2.73. The first-order valence-corrected chi connectivity index (χ1v) is 6.78. The smallest absolute Gasteiger partial charge is 0.205 e. The van der Waals surface area contributed by atoms with E-state index in [2.05, 4.69) is 0 Å². The van der Waals surface area contributed by atoms with Crippen molar-refractivity contribution in [2.45, 2.75) is 19.1 Å². The predicted octanol–water partition coefficient (Wildman–Crippen LogP) is 2.98. The van der Waals surface area contributed by atoms with Crippen LogP contribution in [0.25, 0.3) is 0 Å². The number of hydrogen-bond donors (Lipinski definition) is 0. The molecule has 20 heavy (non-hydrogen) atoms. The molecule has 1 aliphatic rings. The first-order valence-electron chi connectivity index (χ1n) is 6.40. The number of halogens is 1. The molecule has 0 unspecified atom stereocenters. The van der Waals surface area contributed by atoms with E-state index in [4.69, 9.17) is 35.3 Å². The van der Waals surface area contributed by atoms with Crippen LogP contribution in [0.15, 0.2) is 6.07 Å². The molecular formula is C14H19ClO5. The third kappa shape index (κ3) is 2.30. The molecule has 0 amide bonds. The molecule has 0 aromatic heterocycles. The SMILES string of the molecule is CCC1(c2cc(Cl)c(OC)c(OC)c2OC)OCCO1. The molecule has 0 N–H and O–H groups in total. The summed E-state index contributed by atoms with van der Waals surface area (Å²) in [6.07, 6.45) is 0.634. The van der Waals surface area contributed by atoms with Crippen LogP contribution in [0.1, 0.15) is 18.9 Å². The highest BCUT2D eigenvalue weighted by Gasteiger charge is 2.41. The summed E-state index contributed by atoms with van der Waals surface area (Å²) < 4.78 is 27.7. The van der Waals surface area contributed by atoms with Gasteiger partial charge in [-0.1, -0.05) is 18.5 Å². The number of ether oxygens (including phenoxy) is 5. The lowest BCUT2D eigenvalue weighted by Crippen LogP contribution is -2.27. The Morgan fingerprint density at radius 1 is 1.05 bits per heavy atom. The minimum Gasteiger partial charge on any atom is -0.492 e. The zero-order valence-electron chi connectivity index (χ0n) is 12.1. The second-order valence-corrected chi connectivity index (χ2v) is 4.72. The van der Waals surface area contributed by atoms with Gasteiger partial charge in [-0.3, -0.25) is 0 Å². The van der Waals surface area contributed by atoms with Gasteiger partial charge in [-0.05, 0) is 6.07 Å². The van der Waals surface area contributed by atoms with Gasteiger partial charge in [0.2, 0.25) is 5.75 Å². The molecule has 0 atom stereocenters. The van der Waals surface area contributed by atoms with Gasteiger partial charge < -0.3 is 23.7 Å². The second kappa shape index (κ2) is 6.08. The topological polar surface area (TPSA) is 46.2 Å². The largest absolute Gasteiger partial charge is 0.492 e. The van der Waals surface area contributed by atoms with E-state index >= 15 is 0 Å². The molecule has 1 heterocycles. The Hall–Kier alpha value is -1.17. The zero-order valence-corrected chi connectivity index (χ0v) is 12.9. The monoisotopic (exact) mass is 302 g/mol. The fraction of sp³-hybridized carbons (Fsp3) is 0.571. The molecule has 2 rings (SSSR count). The Labute approximate surface area is 123 Å². The van der Waals surface area contributed by atoms with E-state index < -0.39 is 5.79 Å². The zero-order chi connectivity index (χ0) is 14.8. The summed E-state index contributed by atoms with van der Waals surface area (Å²) in [5, 5.41) is 0.423. The highest BCUT2D eigenvalue weighted by molar-refractivity contribution is 6.32. The highest BCUT2D eigenvalue weighted by atomic mass is 35.5. The van der Waals surface area contributed by atoms with E-state index in [9.17, 15) is 0 Å². The summed E-state index contributed by atoms with van der Waals surface area (Å²) in [6.45, 7) is 3.04. The average molecular weight is 303 g/mol. The van der Waals surface area contributed by atoms with E-state index in [-0.39, 0.29) is 0 Å². The molecule has 1 aromatic carbocycles. The van der Waals surface area contributed by atoms with Crippen LogP contribution in [0.3, 0.4) is 0 Å². The van der Waals surface area contributed by atoms with Crippen molar-refractivity contribution in [3.63, 3.8) is 0 Å². The Morgan fingerprint density at radius 3 is 2.05 bits per heavy atom. The predicted molar refractivity (Wildman–Crippen MR) is 75.0 cm³/mol. The van der Waals surface area contributed by atoms with Gasteiger partial charge >= 0.3 is 0 Å². The third-order valence-electron chi connectivity index (χ3n) is 3.39. The van der Waals surface area contributed by atoms with Gasteiger partial charge in [0.25, 0.3) is 0 Å². The van der Waals surface area contributed by atoms with Gasteiger partial charge in [0, 0.05) is 6.42 Å². The summed E-state index contributed by atoms with van der Waals surface area (Å²) in [4.78, 5) is 0. The van der Waals surface area contributed by atoms with Crippen LogP contribution >= 0.6 is 11.6 Å². The molecule has 112 valence electrons. The maximum atomic E-state index is 6.27. The van der Waals surface area contributed by atoms with Gasteiger partial charge in [-0.2, -0.15) is 0 Å². The Morgan fingerprint density at radius 2 is 1.60 bits per heavy atom. The quantitative estimate of drug-likeness (QED) is 0.837. The summed E-state index contributed by atoms with van der Waals surface area (Å²) >= 11 is 6.27. The number of benzene rings is 1. The first-order chi connectivity index (χ1) is 9.63. The normalized spacial score (nSPS) is 17.1. The molecule has 0 spiro atoms. The van der Waals surface area contributed by atoms with Crippen molar-refractivity contribution in [1.82, 2.24) is 0 Å². The summed E-state index contributed by atoms with van der Waals surface area (Å²) in [5.41, 5.74) is 0.711. The molecule has 0 bridgehead atoms. The molecule has 5 nitrogen and oxygen atoms in total. The van der Waals surface area contributed by atoms with Gasteiger partial charge in [0.15, 0.2) is 17.3 Å². The van der Waals surface area contributed by atoms with E-state index in [0.29, 0.717) is 47.5 Å². The lowest BCUT2D eigenvalue weighted by atomic mass is 10.0. The van der Waals surface area contributed by atoms with Crippen molar-refractivity contribution in [2.75, 3.05) is 34.5 Å². The molecule has 0 aliphatic carbocycles. The highest BCUT2D eigenvalue weighted by Crippen LogP contribution is 2.50. The lowest BCUT2D eigenvalue weighted by molar-refractivity contribution is -0.168. The minimum absolute atomic E-state index is 0.423. The Bertz CT molecular complexity index is 483. The number of rotatable bonds is 5. The van der Waals surface area contributed by atoms with Crippen LogP contribution in [0.2, 0.25) is 5.02 Å². The molecule has 1 aromatic rings. The summed E-state index contributed by atoms with van der Waals surface area (Å²) in [7, 11) is 4.63. The van der Waals surface area contributed by atoms with E-state index in [1.54, 1.807) is 13.2 Å². The van der Waals surface area contributed by atoms with Crippen molar-refractivity contribution in [3.05, 3.63) is 16.7 Å². The van der Waals surface area contributed by atoms with E-state index in [0.717, 1.165) is 0 Å².